The Balaban J connectivity index is 0.000000396. The zero-order valence-electron chi connectivity index (χ0n) is 16.6. The van der Waals surface area contributed by atoms with E-state index in [0.717, 1.165) is 19.3 Å². The number of rotatable bonds is 5. The standard InChI is InChI=1S/C17H24N2O4.C2HF3O2/c1-21-12-16(20)19-9-10-23-17(13-19)7-4-5-14(17)11-22-15-6-2-3-8-18-15;3-2(4,5)1(6)7/h2-3,6,8,14H,4-5,7,9-13H2,1H3;(H,6,7)/t14-,17+;/m0./s1. The Bertz CT molecular complexity index is 703. The van der Waals surface area contributed by atoms with Crippen LogP contribution in [0.3, 0.4) is 0 Å². The van der Waals surface area contributed by atoms with Gasteiger partial charge in [-0.1, -0.05) is 6.07 Å². The van der Waals surface area contributed by atoms with Crippen molar-refractivity contribution in [3.8, 4) is 5.88 Å². The lowest BCUT2D eigenvalue weighted by Crippen LogP contribution is -2.57. The van der Waals surface area contributed by atoms with Crippen molar-refractivity contribution < 1.29 is 42.1 Å². The average Bonchev–Trinajstić information content (AvgIpc) is 3.08. The summed E-state index contributed by atoms with van der Waals surface area (Å²) >= 11 is 0. The molecule has 2 atom stereocenters. The molecule has 1 aliphatic heterocycles. The molecule has 30 heavy (non-hydrogen) atoms. The number of nitrogens with zero attached hydrogens (tertiary/aromatic N) is 2. The molecule has 0 unspecified atom stereocenters. The number of aliphatic carboxylic acids is 1. The molecule has 0 bridgehead atoms. The number of carboxylic acid groups (broad SMARTS) is 1. The van der Waals surface area contributed by atoms with Crippen molar-refractivity contribution in [2.45, 2.75) is 31.0 Å². The summed E-state index contributed by atoms with van der Waals surface area (Å²) in [4.78, 5) is 27.1. The molecular formula is C19H25F3N2O6. The van der Waals surface area contributed by atoms with E-state index in [1.54, 1.807) is 13.3 Å². The normalized spacial score (nSPS) is 23.6. The Morgan fingerprint density at radius 3 is 2.73 bits per heavy atom. The fourth-order valence-electron chi connectivity index (χ4n) is 3.60. The Morgan fingerprint density at radius 2 is 2.13 bits per heavy atom. The highest BCUT2D eigenvalue weighted by Crippen LogP contribution is 2.41. The van der Waals surface area contributed by atoms with Gasteiger partial charge in [-0.2, -0.15) is 13.2 Å². The van der Waals surface area contributed by atoms with Gasteiger partial charge in [0.15, 0.2) is 0 Å². The van der Waals surface area contributed by atoms with Crippen molar-refractivity contribution in [3.63, 3.8) is 0 Å². The molecule has 2 aliphatic rings. The van der Waals surface area contributed by atoms with E-state index in [2.05, 4.69) is 4.98 Å². The van der Waals surface area contributed by atoms with Gasteiger partial charge in [0.2, 0.25) is 11.8 Å². The second-order valence-corrected chi connectivity index (χ2v) is 7.03. The fraction of sp³-hybridized carbons (Fsp3) is 0.632. The highest BCUT2D eigenvalue weighted by atomic mass is 19.4. The molecule has 3 rings (SSSR count). The van der Waals surface area contributed by atoms with Gasteiger partial charge in [-0.3, -0.25) is 4.79 Å². The van der Waals surface area contributed by atoms with Gasteiger partial charge in [-0.05, 0) is 25.3 Å². The van der Waals surface area contributed by atoms with Crippen LogP contribution in [0.4, 0.5) is 13.2 Å². The maximum Gasteiger partial charge on any atom is 0.490 e. The van der Waals surface area contributed by atoms with Gasteiger partial charge in [0.05, 0.1) is 25.4 Å². The number of carboxylic acids is 1. The molecule has 1 saturated carbocycles. The predicted octanol–water partition coefficient (Wildman–Crippen LogP) is 2.14. The molecular weight excluding hydrogens is 409 g/mol. The summed E-state index contributed by atoms with van der Waals surface area (Å²) in [6, 6.07) is 5.64. The number of ether oxygens (including phenoxy) is 3. The topological polar surface area (TPSA) is 98.2 Å². The summed E-state index contributed by atoms with van der Waals surface area (Å²) in [5.41, 5.74) is -0.281. The lowest BCUT2D eigenvalue weighted by atomic mass is 9.89. The molecule has 1 spiro atoms. The van der Waals surface area contributed by atoms with Crippen LogP contribution in [-0.2, 0) is 19.1 Å². The molecule has 8 nitrogen and oxygen atoms in total. The Hall–Kier alpha value is -2.40. The summed E-state index contributed by atoms with van der Waals surface area (Å²) in [5, 5.41) is 7.12. The second-order valence-electron chi connectivity index (χ2n) is 7.03. The summed E-state index contributed by atoms with van der Waals surface area (Å²) in [7, 11) is 1.55. The number of pyridine rings is 1. The van der Waals surface area contributed by atoms with E-state index in [9.17, 15) is 18.0 Å². The van der Waals surface area contributed by atoms with Gasteiger partial charge in [0.1, 0.15) is 6.61 Å². The summed E-state index contributed by atoms with van der Waals surface area (Å²) in [6.07, 6.45) is -0.232. The number of alkyl halides is 3. The van der Waals surface area contributed by atoms with E-state index in [0.29, 0.717) is 32.2 Å². The summed E-state index contributed by atoms with van der Waals surface area (Å²) < 4.78 is 48.7. The average molecular weight is 434 g/mol. The highest BCUT2D eigenvalue weighted by molar-refractivity contribution is 5.77. The monoisotopic (exact) mass is 434 g/mol. The van der Waals surface area contributed by atoms with Gasteiger partial charge >= 0.3 is 12.1 Å². The smallest absolute Gasteiger partial charge is 0.477 e. The lowest BCUT2D eigenvalue weighted by molar-refractivity contribution is -0.192. The molecule has 2 heterocycles. The van der Waals surface area contributed by atoms with Crippen LogP contribution in [0.2, 0.25) is 0 Å². The van der Waals surface area contributed by atoms with Gasteiger partial charge in [-0.15, -0.1) is 0 Å². The quantitative estimate of drug-likeness (QED) is 0.758. The fourth-order valence-corrected chi connectivity index (χ4v) is 3.60. The maximum atomic E-state index is 12.1. The van der Waals surface area contributed by atoms with Crippen LogP contribution in [0.25, 0.3) is 0 Å². The maximum absolute atomic E-state index is 12.1. The summed E-state index contributed by atoms with van der Waals surface area (Å²) in [5.74, 6) is -1.81. The van der Waals surface area contributed by atoms with E-state index in [1.165, 1.54) is 0 Å². The molecule has 1 N–H and O–H groups in total. The van der Waals surface area contributed by atoms with Crippen molar-refractivity contribution in [2.75, 3.05) is 40.0 Å². The molecule has 1 amide bonds. The van der Waals surface area contributed by atoms with Crippen molar-refractivity contribution >= 4 is 11.9 Å². The van der Waals surface area contributed by atoms with E-state index in [1.807, 2.05) is 23.1 Å². The van der Waals surface area contributed by atoms with E-state index >= 15 is 0 Å². The van der Waals surface area contributed by atoms with Gasteiger partial charge in [-0.25, -0.2) is 9.78 Å². The Morgan fingerprint density at radius 1 is 1.40 bits per heavy atom. The SMILES string of the molecule is COCC(=O)N1CCO[C@]2(CCC[C@H]2COc2ccccn2)C1.O=C(O)C(F)(F)F. The third kappa shape index (κ3) is 6.56. The van der Waals surface area contributed by atoms with E-state index in [-0.39, 0.29) is 24.0 Å². The third-order valence-corrected chi connectivity index (χ3v) is 5.04. The number of carbonyl (C=O) groups is 2. The highest BCUT2D eigenvalue weighted by Gasteiger charge is 2.48. The minimum Gasteiger partial charge on any atom is -0.477 e. The first-order valence-electron chi connectivity index (χ1n) is 9.42. The number of methoxy groups -OCH3 is 1. The summed E-state index contributed by atoms with van der Waals surface area (Å²) in [6.45, 7) is 2.55. The number of carbonyl (C=O) groups excluding carboxylic acids is 1. The number of hydrogen-bond donors (Lipinski definition) is 1. The van der Waals surface area contributed by atoms with E-state index < -0.39 is 12.1 Å². The van der Waals surface area contributed by atoms with Crippen molar-refractivity contribution in [3.05, 3.63) is 24.4 Å². The molecule has 1 aromatic rings. The Kier molecular flexibility index (Phi) is 8.42. The van der Waals surface area contributed by atoms with Gasteiger partial charge < -0.3 is 24.2 Å². The molecule has 1 aromatic heterocycles. The Labute approximate surface area is 171 Å². The first-order chi connectivity index (χ1) is 14.2. The van der Waals surface area contributed by atoms with Gasteiger partial charge in [0.25, 0.3) is 0 Å². The van der Waals surface area contributed by atoms with E-state index in [4.69, 9.17) is 24.1 Å². The van der Waals surface area contributed by atoms with Crippen LogP contribution in [0.5, 0.6) is 5.88 Å². The van der Waals surface area contributed by atoms with Crippen LogP contribution in [0, 0.1) is 5.92 Å². The van der Waals surface area contributed by atoms with Crippen LogP contribution >= 0.6 is 0 Å². The molecule has 1 aliphatic carbocycles. The van der Waals surface area contributed by atoms with Crippen LogP contribution in [0.1, 0.15) is 19.3 Å². The van der Waals surface area contributed by atoms with Crippen LogP contribution < -0.4 is 4.74 Å². The van der Waals surface area contributed by atoms with Crippen LogP contribution in [0.15, 0.2) is 24.4 Å². The molecule has 168 valence electrons. The molecule has 11 heteroatoms. The van der Waals surface area contributed by atoms with Crippen molar-refractivity contribution in [1.82, 2.24) is 9.88 Å². The molecule has 0 aromatic carbocycles. The minimum atomic E-state index is -5.08. The molecule has 1 saturated heterocycles. The number of amides is 1. The zero-order valence-corrected chi connectivity index (χ0v) is 16.6. The predicted molar refractivity (Wildman–Crippen MR) is 97.9 cm³/mol. The molecule has 0 radical (unpaired) electrons. The van der Waals surface area contributed by atoms with Crippen LogP contribution in [-0.4, -0.2) is 78.7 Å². The number of hydrogen-bond acceptors (Lipinski definition) is 6. The zero-order chi connectivity index (χ0) is 22.2. The minimum absolute atomic E-state index is 0.0338. The van der Waals surface area contributed by atoms with Crippen molar-refractivity contribution in [1.29, 1.82) is 0 Å². The van der Waals surface area contributed by atoms with Gasteiger partial charge in [0, 0.05) is 31.8 Å². The van der Waals surface area contributed by atoms with Crippen molar-refractivity contribution in [2.24, 2.45) is 5.92 Å². The first-order valence-corrected chi connectivity index (χ1v) is 9.42. The number of aromatic nitrogens is 1. The number of morpholine rings is 1. The third-order valence-electron chi connectivity index (χ3n) is 5.04. The lowest BCUT2D eigenvalue weighted by Gasteiger charge is -2.43. The largest absolute Gasteiger partial charge is 0.490 e. The number of halogens is 3. The second kappa shape index (κ2) is 10.6. The molecule has 2 fully saturated rings. The first kappa shape index (κ1) is 23.9.